The Morgan fingerprint density at radius 2 is 1.84 bits per heavy atom. The van der Waals surface area contributed by atoms with Crippen molar-refractivity contribution in [3.63, 3.8) is 0 Å². The van der Waals surface area contributed by atoms with Crippen molar-refractivity contribution in [2.24, 2.45) is 0 Å². The first-order valence-electron chi connectivity index (χ1n) is 6.04. The fraction of sp³-hybridized carbons (Fsp3) is 0.200. The molecule has 96 valence electrons. The zero-order valence-electron chi connectivity index (χ0n) is 10.3. The lowest BCUT2D eigenvalue weighted by Gasteiger charge is -2.08. The Morgan fingerprint density at radius 1 is 1.11 bits per heavy atom. The van der Waals surface area contributed by atoms with Crippen molar-refractivity contribution in [2.75, 3.05) is 0 Å². The van der Waals surface area contributed by atoms with E-state index in [1.165, 1.54) is 5.56 Å². The van der Waals surface area contributed by atoms with Crippen LogP contribution in [0.3, 0.4) is 0 Å². The lowest BCUT2D eigenvalue weighted by Crippen LogP contribution is -2.08. The molecule has 0 atom stereocenters. The van der Waals surface area contributed by atoms with Gasteiger partial charge in [-0.15, -0.1) is 0 Å². The van der Waals surface area contributed by atoms with Gasteiger partial charge in [0.25, 0.3) is 0 Å². The fourth-order valence-corrected chi connectivity index (χ4v) is 3.70. The average Bonchev–Trinajstić information content (AvgIpc) is 2.47. The molecule has 4 heteroatoms. The van der Waals surface area contributed by atoms with Gasteiger partial charge in [-0.1, -0.05) is 22.0 Å². The third kappa shape index (κ3) is 2.28. The van der Waals surface area contributed by atoms with Crippen LogP contribution < -0.4 is 0 Å². The maximum atomic E-state index is 12.7. The molecule has 1 aliphatic carbocycles. The molecule has 0 bridgehead atoms. The SMILES string of the molecule is Cc1cc(Br)c2c(c1)CCc1cc(Br)cnc1C2=O. The van der Waals surface area contributed by atoms with Crippen LogP contribution in [-0.2, 0) is 12.8 Å². The van der Waals surface area contributed by atoms with Crippen LogP contribution >= 0.6 is 31.9 Å². The molecule has 0 radical (unpaired) electrons. The Morgan fingerprint density at radius 3 is 2.63 bits per heavy atom. The minimum atomic E-state index is 0.0156. The molecule has 2 aromatic rings. The van der Waals surface area contributed by atoms with E-state index in [4.69, 9.17) is 0 Å². The Hall–Kier alpha value is -1.00. The molecule has 0 unspecified atom stereocenters. The third-order valence-corrected chi connectivity index (χ3v) is 4.41. The van der Waals surface area contributed by atoms with Crippen LogP contribution in [-0.4, -0.2) is 10.8 Å². The smallest absolute Gasteiger partial charge is 0.213 e. The molecule has 1 aromatic heterocycles. The first-order chi connectivity index (χ1) is 9.06. The van der Waals surface area contributed by atoms with Gasteiger partial charge in [0.2, 0.25) is 5.78 Å². The highest BCUT2D eigenvalue weighted by atomic mass is 79.9. The monoisotopic (exact) mass is 379 g/mol. The van der Waals surface area contributed by atoms with Gasteiger partial charge in [0, 0.05) is 20.7 Å². The van der Waals surface area contributed by atoms with E-state index < -0.39 is 0 Å². The summed E-state index contributed by atoms with van der Waals surface area (Å²) in [5.41, 5.74) is 4.62. The van der Waals surface area contributed by atoms with E-state index in [9.17, 15) is 4.79 Å². The fourth-order valence-electron chi connectivity index (χ4n) is 2.53. The molecule has 2 nitrogen and oxygen atoms in total. The summed E-state index contributed by atoms with van der Waals surface area (Å²) in [5, 5.41) is 0. The van der Waals surface area contributed by atoms with Crippen LogP contribution in [0.25, 0.3) is 0 Å². The highest BCUT2D eigenvalue weighted by Crippen LogP contribution is 2.30. The molecule has 1 aliphatic rings. The molecule has 1 heterocycles. The van der Waals surface area contributed by atoms with Crippen LogP contribution in [0.15, 0.2) is 33.3 Å². The first-order valence-corrected chi connectivity index (χ1v) is 7.63. The largest absolute Gasteiger partial charge is 0.287 e. The summed E-state index contributed by atoms with van der Waals surface area (Å²) in [4.78, 5) is 17.0. The van der Waals surface area contributed by atoms with Crippen LogP contribution in [0.2, 0.25) is 0 Å². The number of ketones is 1. The minimum absolute atomic E-state index is 0.0156. The molecule has 0 aliphatic heterocycles. The van der Waals surface area contributed by atoms with E-state index in [1.807, 2.05) is 19.1 Å². The number of rotatable bonds is 0. The van der Waals surface area contributed by atoms with E-state index in [-0.39, 0.29) is 5.78 Å². The number of hydrogen-bond donors (Lipinski definition) is 0. The number of aryl methyl sites for hydroxylation is 3. The lowest BCUT2D eigenvalue weighted by atomic mass is 9.99. The summed E-state index contributed by atoms with van der Waals surface area (Å²) >= 11 is 6.93. The van der Waals surface area contributed by atoms with Crippen molar-refractivity contribution in [1.82, 2.24) is 4.98 Å². The summed E-state index contributed by atoms with van der Waals surface area (Å²) in [6.45, 7) is 2.04. The molecule has 0 saturated heterocycles. The van der Waals surface area contributed by atoms with Gasteiger partial charge in [0.05, 0.1) is 0 Å². The molecular formula is C15H11Br2NO. The van der Waals surface area contributed by atoms with Gasteiger partial charge >= 0.3 is 0 Å². The van der Waals surface area contributed by atoms with E-state index in [0.29, 0.717) is 5.69 Å². The number of nitrogens with zero attached hydrogens (tertiary/aromatic N) is 1. The molecule has 0 N–H and O–H groups in total. The maximum Gasteiger partial charge on any atom is 0.213 e. The van der Waals surface area contributed by atoms with Crippen LogP contribution in [0.1, 0.15) is 32.7 Å². The van der Waals surface area contributed by atoms with E-state index in [0.717, 1.165) is 38.5 Å². The van der Waals surface area contributed by atoms with Crippen molar-refractivity contribution >= 4 is 37.6 Å². The number of carbonyl (C=O) groups excluding carboxylic acids is 1. The highest BCUT2D eigenvalue weighted by molar-refractivity contribution is 9.10. The molecular weight excluding hydrogens is 370 g/mol. The molecule has 0 saturated carbocycles. The van der Waals surface area contributed by atoms with Crippen LogP contribution in [0.4, 0.5) is 0 Å². The number of halogens is 2. The Kier molecular flexibility index (Phi) is 3.31. The van der Waals surface area contributed by atoms with Gasteiger partial charge in [0.1, 0.15) is 5.69 Å². The zero-order chi connectivity index (χ0) is 13.6. The Bertz CT molecular complexity index is 695. The van der Waals surface area contributed by atoms with E-state index >= 15 is 0 Å². The van der Waals surface area contributed by atoms with Gasteiger partial charge in [0.15, 0.2) is 0 Å². The first kappa shape index (κ1) is 13.0. The second-order valence-corrected chi connectivity index (χ2v) is 6.54. The number of fused-ring (bicyclic) bond motifs is 2. The quantitative estimate of drug-likeness (QED) is 0.683. The molecule has 3 rings (SSSR count). The minimum Gasteiger partial charge on any atom is -0.287 e. The zero-order valence-corrected chi connectivity index (χ0v) is 13.5. The van der Waals surface area contributed by atoms with Gasteiger partial charge < -0.3 is 0 Å². The summed E-state index contributed by atoms with van der Waals surface area (Å²) in [5.74, 6) is 0.0156. The number of hydrogen-bond acceptors (Lipinski definition) is 2. The van der Waals surface area contributed by atoms with E-state index in [2.05, 4.69) is 42.9 Å². The highest BCUT2D eigenvalue weighted by Gasteiger charge is 2.24. The second kappa shape index (κ2) is 4.84. The Balaban J connectivity index is 2.23. The molecule has 0 amide bonds. The molecule has 1 aromatic carbocycles. The predicted molar refractivity (Wildman–Crippen MR) is 81.7 cm³/mol. The van der Waals surface area contributed by atoms with Gasteiger partial charge in [-0.2, -0.15) is 0 Å². The number of benzene rings is 1. The Labute approximate surface area is 128 Å². The molecule has 19 heavy (non-hydrogen) atoms. The standard InChI is InChI=1S/C15H11Br2NO/c1-8-4-9-2-3-10-6-11(16)7-18-14(10)15(19)13(9)12(17)5-8/h4-7H,2-3H2,1H3. The summed E-state index contributed by atoms with van der Waals surface area (Å²) in [6.07, 6.45) is 3.40. The second-order valence-electron chi connectivity index (χ2n) is 4.77. The number of carbonyl (C=O) groups is 1. The van der Waals surface area contributed by atoms with E-state index in [1.54, 1.807) is 6.20 Å². The number of aromatic nitrogens is 1. The number of pyridine rings is 1. The maximum absolute atomic E-state index is 12.7. The molecule has 0 spiro atoms. The van der Waals surface area contributed by atoms with Crippen LogP contribution in [0.5, 0.6) is 0 Å². The third-order valence-electron chi connectivity index (χ3n) is 3.36. The summed E-state index contributed by atoms with van der Waals surface area (Å²) in [7, 11) is 0. The lowest BCUT2D eigenvalue weighted by molar-refractivity contribution is 0.103. The summed E-state index contributed by atoms with van der Waals surface area (Å²) in [6, 6.07) is 6.08. The average molecular weight is 381 g/mol. The van der Waals surface area contributed by atoms with Crippen molar-refractivity contribution < 1.29 is 4.79 Å². The van der Waals surface area contributed by atoms with Crippen molar-refractivity contribution in [2.45, 2.75) is 19.8 Å². The van der Waals surface area contributed by atoms with Gasteiger partial charge in [-0.3, -0.25) is 9.78 Å². The summed E-state index contributed by atoms with van der Waals surface area (Å²) < 4.78 is 1.78. The predicted octanol–water partition coefficient (Wildman–Crippen LogP) is 4.24. The van der Waals surface area contributed by atoms with Gasteiger partial charge in [-0.25, -0.2) is 0 Å². The topological polar surface area (TPSA) is 30.0 Å². The molecule has 0 fully saturated rings. The normalized spacial score (nSPS) is 13.7. The van der Waals surface area contributed by atoms with Crippen molar-refractivity contribution in [3.05, 3.63) is 61.3 Å². The van der Waals surface area contributed by atoms with Crippen molar-refractivity contribution in [1.29, 1.82) is 0 Å². The van der Waals surface area contributed by atoms with Crippen molar-refractivity contribution in [3.8, 4) is 0 Å². The van der Waals surface area contributed by atoms with Gasteiger partial charge in [-0.05, 0) is 64.5 Å². The van der Waals surface area contributed by atoms with Crippen LogP contribution in [0, 0.1) is 6.92 Å².